The van der Waals surface area contributed by atoms with Crippen LogP contribution in [0, 0.1) is 11.3 Å². The van der Waals surface area contributed by atoms with Crippen LogP contribution in [0.4, 0.5) is 0 Å². The summed E-state index contributed by atoms with van der Waals surface area (Å²) in [5, 5.41) is 5.79. The van der Waals surface area contributed by atoms with Gasteiger partial charge in [0.25, 0.3) is 0 Å². The van der Waals surface area contributed by atoms with Gasteiger partial charge in [-0.05, 0) is 30.6 Å². The van der Waals surface area contributed by atoms with Crippen LogP contribution in [0.25, 0.3) is 0 Å². The van der Waals surface area contributed by atoms with Gasteiger partial charge in [-0.15, -0.1) is 0 Å². The molecule has 1 aliphatic rings. The summed E-state index contributed by atoms with van der Waals surface area (Å²) < 4.78 is 0. The van der Waals surface area contributed by atoms with Gasteiger partial charge in [-0.3, -0.25) is 9.59 Å². The van der Waals surface area contributed by atoms with E-state index < -0.39 is 0 Å². The first-order valence-electron chi connectivity index (χ1n) is 5.93. The Hall–Kier alpha value is -1.06. The van der Waals surface area contributed by atoms with Gasteiger partial charge in [0.2, 0.25) is 12.8 Å². The standard InChI is InChI=1S/C12H22N2O2/c1-4-9-10(13-7-15)5-12(2,3)6-11(9)14-8-16/h7-11H,4-6H2,1-3H3,(H,13,15)(H,14,16). The summed E-state index contributed by atoms with van der Waals surface area (Å²) in [6, 6.07) is 0.340. The number of amides is 2. The minimum atomic E-state index is 0.160. The van der Waals surface area contributed by atoms with Crippen LogP contribution >= 0.6 is 0 Å². The van der Waals surface area contributed by atoms with Gasteiger partial charge in [-0.2, -0.15) is 0 Å². The van der Waals surface area contributed by atoms with Crippen molar-refractivity contribution < 1.29 is 9.59 Å². The summed E-state index contributed by atoms with van der Waals surface area (Å²) in [5.74, 6) is 0.337. The Kier molecular flexibility index (Phi) is 4.33. The molecular formula is C12H22N2O2. The highest BCUT2D eigenvalue weighted by Crippen LogP contribution is 2.39. The predicted octanol–water partition coefficient (Wildman–Crippen LogP) is 1.06. The summed E-state index contributed by atoms with van der Waals surface area (Å²) >= 11 is 0. The lowest BCUT2D eigenvalue weighted by molar-refractivity contribution is -0.112. The third kappa shape index (κ3) is 2.97. The third-order valence-electron chi connectivity index (χ3n) is 3.61. The second kappa shape index (κ2) is 5.32. The molecule has 0 aliphatic heterocycles. The van der Waals surface area contributed by atoms with Crippen LogP contribution in [0.1, 0.15) is 40.0 Å². The average Bonchev–Trinajstić information content (AvgIpc) is 2.17. The van der Waals surface area contributed by atoms with Crippen molar-refractivity contribution in [3.8, 4) is 0 Å². The molecule has 4 nitrogen and oxygen atoms in total. The molecule has 0 spiro atoms. The molecule has 16 heavy (non-hydrogen) atoms. The van der Waals surface area contributed by atoms with E-state index >= 15 is 0 Å². The van der Waals surface area contributed by atoms with Gasteiger partial charge in [-0.25, -0.2) is 0 Å². The molecule has 0 radical (unpaired) electrons. The maximum absolute atomic E-state index is 10.6. The van der Waals surface area contributed by atoms with E-state index in [1.54, 1.807) is 0 Å². The molecule has 1 aliphatic carbocycles. The van der Waals surface area contributed by atoms with E-state index in [-0.39, 0.29) is 17.5 Å². The Labute approximate surface area is 97.2 Å². The van der Waals surface area contributed by atoms with Gasteiger partial charge in [0.05, 0.1) is 0 Å². The van der Waals surface area contributed by atoms with Crippen LogP contribution in [-0.2, 0) is 9.59 Å². The summed E-state index contributed by atoms with van der Waals surface area (Å²) in [6.07, 6.45) is 4.45. The van der Waals surface area contributed by atoms with Crippen molar-refractivity contribution >= 4 is 12.8 Å². The van der Waals surface area contributed by atoms with Crippen molar-refractivity contribution in [1.82, 2.24) is 10.6 Å². The van der Waals surface area contributed by atoms with Crippen molar-refractivity contribution in [2.75, 3.05) is 0 Å². The summed E-state index contributed by atoms with van der Waals surface area (Å²) in [5.41, 5.74) is 0.160. The number of hydrogen-bond donors (Lipinski definition) is 2. The van der Waals surface area contributed by atoms with Gasteiger partial charge in [-0.1, -0.05) is 20.8 Å². The number of carbonyl (C=O) groups excluding carboxylic acids is 2. The van der Waals surface area contributed by atoms with Gasteiger partial charge in [0.1, 0.15) is 0 Å². The largest absolute Gasteiger partial charge is 0.356 e. The number of nitrogens with one attached hydrogen (secondary N) is 2. The molecule has 2 atom stereocenters. The van der Waals surface area contributed by atoms with Crippen molar-refractivity contribution in [2.45, 2.75) is 52.1 Å². The quantitative estimate of drug-likeness (QED) is 0.689. The lowest BCUT2D eigenvalue weighted by Gasteiger charge is -2.45. The number of rotatable bonds is 5. The fourth-order valence-corrected chi connectivity index (χ4v) is 2.97. The molecule has 0 heterocycles. The SMILES string of the molecule is CCC1C(NC=O)CC(C)(C)CC1NC=O. The topological polar surface area (TPSA) is 58.2 Å². The van der Waals surface area contributed by atoms with E-state index in [1.165, 1.54) is 0 Å². The van der Waals surface area contributed by atoms with Crippen molar-refractivity contribution in [3.63, 3.8) is 0 Å². The molecule has 4 heteroatoms. The van der Waals surface area contributed by atoms with Crippen LogP contribution in [-0.4, -0.2) is 24.9 Å². The second-order valence-corrected chi connectivity index (χ2v) is 5.43. The fourth-order valence-electron chi connectivity index (χ4n) is 2.97. The number of hydrogen-bond acceptors (Lipinski definition) is 2. The molecule has 0 bridgehead atoms. The van der Waals surface area contributed by atoms with Crippen LogP contribution in [0.3, 0.4) is 0 Å². The molecular weight excluding hydrogens is 204 g/mol. The van der Waals surface area contributed by atoms with E-state index in [1.807, 2.05) is 0 Å². The second-order valence-electron chi connectivity index (χ2n) is 5.43. The maximum atomic E-state index is 10.6. The smallest absolute Gasteiger partial charge is 0.207 e. The minimum Gasteiger partial charge on any atom is -0.356 e. The Bertz CT molecular complexity index is 231. The highest BCUT2D eigenvalue weighted by molar-refractivity contribution is 5.48. The molecule has 2 N–H and O–H groups in total. The molecule has 2 amide bonds. The van der Waals surface area contributed by atoms with Crippen LogP contribution in [0.15, 0.2) is 0 Å². The minimum absolute atomic E-state index is 0.160. The summed E-state index contributed by atoms with van der Waals surface area (Å²) in [4.78, 5) is 21.2. The van der Waals surface area contributed by atoms with Crippen LogP contribution in [0.2, 0.25) is 0 Å². The van der Waals surface area contributed by atoms with Crippen molar-refractivity contribution in [2.24, 2.45) is 11.3 Å². The van der Waals surface area contributed by atoms with Crippen molar-refractivity contribution in [3.05, 3.63) is 0 Å². The van der Waals surface area contributed by atoms with E-state index in [9.17, 15) is 9.59 Å². The monoisotopic (exact) mass is 226 g/mol. The molecule has 1 rings (SSSR count). The van der Waals surface area contributed by atoms with E-state index in [0.717, 1.165) is 32.1 Å². The first-order valence-corrected chi connectivity index (χ1v) is 5.93. The highest BCUT2D eigenvalue weighted by atomic mass is 16.1. The van der Waals surface area contributed by atoms with E-state index in [2.05, 4.69) is 31.4 Å². The Balaban J connectivity index is 2.80. The summed E-state index contributed by atoms with van der Waals surface area (Å²) in [7, 11) is 0. The predicted molar refractivity (Wildman–Crippen MR) is 62.8 cm³/mol. The highest BCUT2D eigenvalue weighted by Gasteiger charge is 2.40. The Morgan fingerprint density at radius 3 is 1.88 bits per heavy atom. The van der Waals surface area contributed by atoms with E-state index in [4.69, 9.17) is 0 Å². The van der Waals surface area contributed by atoms with Crippen molar-refractivity contribution in [1.29, 1.82) is 0 Å². The normalized spacial score (nSPS) is 32.8. The lowest BCUT2D eigenvalue weighted by Crippen LogP contribution is -2.54. The Morgan fingerprint density at radius 1 is 1.12 bits per heavy atom. The molecule has 0 aromatic carbocycles. The first-order chi connectivity index (χ1) is 7.54. The fraction of sp³-hybridized carbons (Fsp3) is 0.833. The summed E-state index contributed by atoms with van der Waals surface area (Å²) in [6.45, 7) is 6.46. The van der Waals surface area contributed by atoms with Gasteiger partial charge >= 0.3 is 0 Å². The molecule has 1 fully saturated rings. The molecule has 2 unspecified atom stereocenters. The van der Waals surface area contributed by atoms with Crippen LogP contribution in [0.5, 0.6) is 0 Å². The zero-order chi connectivity index (χ0) is 12.2. The zero-order valence-corrected chi connectivity index (χ0v) is 10.3. The van der Waals surface area contributed by atoms with Gasteiger partial charge in [0, 0.05) is 12.1 Å². The molecule has 0 aromatic heterocycles. The maximum Gasteiger partial charge on any atom is 0.207 e. The number of carbonyl (C=O) groups is 2. The molecule has 1 saturated carbocycles. The van der Waals surface area contributed by atoms with Gasteiger partial charge < -0.3 is 10.6 Å². The van der Waals surface area contributed by atoms with Crippen LogP contribution < -0.4 is 10.6 Å². The van der Waals surface area contributed by atoms with Gasteiger partial charge in [0.15, 0.2) is 0 Å². The first kappa shape index (κ1) is 13.0. The zero-order valence-electron chi connectivity index (χ0n) is 10.3. The molecule has 0 aromatic rings. The van der Waals surface area contributed by atoms with E-state index in [0.29, 0.717) is 5.92 Å². The molecule has 0 saturated heterocycles. The Morgan fingerprint density at radius 2 is 1.56 bits per heavy atom. The lowest BCUT2D eigenvalue weighted by atomic mass is 9.67. The third-order valence-corrected chi connectivity index (χ3v) is 3.61. The average molecular weight is 226 g/mol. The molecule has 92 valence electrons.